The first-order valence-corrected chi connectivity index (χ1v) is 7.19. The first-order chi connectivity index (χ1) is 9.29. The number of nitriles is 1. The Morgan fingerprint density at radius 1 is 1.37 bits per heavy atom. The summed E-state index contributed by atoms with van der Waals surface area (Å²) in [5, 5.41) is 12.6. The lowest BCUT2D eigenvalue weighted by Crippen LogP contribution is -2.15. The van der Waals surface area contributed by atoms with Crippen molar-refractivity contribution in [1.82, 2.24) is 5.32 Å². The molecular formula is C15H19ClN2O. The zero-order chi connectivity index (χ0) is 13.5. The molecule has 19 heavy (non-hydrogen) atoms. The van der Waals surface area contributed by atoms with Gasteiger partial charge in [-0.05, 0) is 43.4 Å². The number of hydrogen-bond acceptors (Lipinski definition) is 3. The number of hydrogen-bond donors (Lipinski definition) is 1. The Labute approximate surface area is 119 Å². The van der Waals surface area contributed by atoms with Crippen molar-refractivity contribution in [3.05, 3.63) is 28.8 Å². The van der Waals surface area contributed by atoms with Gasteiger partial charge in [-0.15, -0.1) is 0 Å². The molecule has 0 unspecified atom stereocenters. The molecule has 3 nitrogen and oxygen atoms in total. The van der Waals surface area contributed by atoms with Crippen molar-refractivity contribution in [3.63, 3.8) is 0 Å². The van der Waals surface area contributed by atoms with E-state index in [1.807, 2.05) is 18.2 Å². The van der Waals surface area contributed by atoms with Crippen LogP contribution in [0.25, 0.3) is 0 Å². The van der Waals surface area contributed by atoms with E-state index >= 15 is 0 Å². The lowest BCUT2D eigenvalue weighted by atomic mass is 10.2. The summed E-state index contributed by atoms with van der Waals surface area (Å²) in [7, 11) is 0. The van der Waals surface area contributed by atoms with Gasteiger partial charge < -0.3 is 10.1 Å². The Hall–Kier alpha value is -1.24. The van der Waals surface area contributed by atoms with Gasteiger partial charge in [0.15, 0.2) is 0 Å². The molecule has 0 atom stereocenters. The zero-order valence-electron chi connectivity index (χ0n) is 11.0. The van der Waals surface area contributed by atoms with E-state index in [9.17, 15) is 0 Å². The maximum Gasteiger partial charge on any atom is 0.137 e. The molecular weight excluding hydrogens is 260 g/mol. The summed E-state index contributed by atoms with van der Waals surface area (Å²) in [5.41, 5.74) is 1.19. The van der Waals surface area contributed by atoms with Crippen LogP contribution in [0.2, 0.25) is 5.02 Å². The van der Waals surface area contributed by atoms with Crippen molar-refractivity contribution in [2.24, 2.45) is 0 Å². The lowest BCUT2D eigenvalue weighted by Gasteiger charge is -2.09. The van der Waals surface area contributed by atoms with Gasteiger partial charge in [-0.25, -0.2) is 0 Å². The largest absolute Gasteiger partial charge is 0.492 e. The molecule has 0 heterocycles. The minimum Gasteiger partial charge on any atom is -0.492 e. The zero-order valence-corrected chi connectivity index (χ0v) is 11.7. The Bertz CT molecular complexity index is 452. The van der Waals surface area contributed by atoms with Gasteiger partial charge >= 0.3 is 0 Å². The highest BCUT2D eigenvalue weighted by Crippen LogP contribution is 2.26. The van der Waals surface area contributed by atoms with Crippen LogP contribution in [0.3, 0.4) is 0 Å². The van der Waals surface area contributed by atoms with Gasteiger partial charge in [0.05, 0.1) is 17.7 Å². The van der Waals surface area contributed by atoms with Crippen LogP contribution < -0.4 is 10.1 Å². The maximum absolute atomic E-state index is 8.43. The molecule has 4 heteroatoms. The van der Waals surface area contributed by atoms with Gasteiger partial charge in [0.1, 0.15) is 5.75 Å². The van der Waals surface area contributed by atoms with Crippen molar-refractivity contribution in [2.45, 2.75) is 44.7 Å². The molecule has 102 valence electrons. The van der Waals surface area contributed by atoms with E-state index in [4.69, 9.17) is 21.6 Å². The van der Waals surface area contributed by atoms with Crippen LogP contribution in [0.5, 0.6) is 5.75 Å². The molecule has 0 amide bonds. The smallest absolute Gasteiger partial charge is 0.137 e. The summed E-state index contributed by atoms with van der Waals surface area (Å²) in [4.78, 5) is 0. The number of rotatable bonds is 8. The van der Waals surface area contributed by atoms with E-state index in [0.29, 0.717) is 24.1 Å². The topological polar surface area (TPSA) is 45.0 Å². The summed E-state index contributed by atoms with van der Waals surface area (Å²) < 4.78 is 5.61. The molecule has 0 spiro atoms. The average molecular weight is 279 g/mol. The summed E-state index contributed by atoms with van der Waals surface area (Å²) >= 11 is 6.20. The number of halogens is 1. The fourth-order valence-electron chi connectivity index (χ4n) is 1.81. The average Bonchev–Trinajstić information content (AvgIpc) is 3.22. The predicted molar refractivity (Wildman–Crippen MR) is 76.3 cm³/mol. The van der Waals surface area contributed by atoms with Gasteiger partial charge in [-0.1, -0.05) is 17.7 Å². The fourth-order valence-corrected chi connectivity index (χ4v) is 2.07. The highest BCUT2D eigenvalue weighted by atomic mass is 35.5. The van der Waals surface area contributed by atoms with Gasteiger partial charge in [0.25, 0.3) is 0 Å². The molecule has 0 saturated heterocycles. The minimum absolute atomic E-state index is 0.586. The maximum atomic E-state index is 8.43. The van der Waals surface area contributed by atoms with E-state index in [1.165, 1.54) is 18.4 Å². The Morgan fingerprint density at radius 2 is 2.21 bits per heavy atom. The van der Waals surface area contributed by atoms with Crippen molar-refractivity contribution in [1.29, 1.82) is 5.26 Å². The molecule has 1 aromatic rings. The Kier molecular flexibility index (Phi) is 5.50. The number of benzene rings is 1. The molecule has 2 rings (SSSR count). The Balaban J connectivity index is 1.75. The lowest BCUT2D eigenvalue weighted by molar-refractivity contribution is 0.307. The van der Waals surface area contributed by atoms with Gasteiger partial charge in [-0.3, -0.25) is 0 Å². The number of unbranched alkanes of at least 4 members (excludes halogenated alkanes) is 2. The SMILES string of the molecule is N#CCCCCOc1ccc(CNC2CC2)cc1Cl. The second-order valence-corrected chi connectivity index (χ2v) is 5.29. The van der Waals surface area contributed by atoms with Crippen LogP contribution >= 0.6 is 11.6 Å². The highest BCUT2D eigenvalue weighted by molar-refractivity contribution is 6.32. The van der Waals surface area contributed by atoms with Gasteiger partial charge in [-0.2, -0.15) is 5.26 Å². The third kappa shape index (κ3) is 5.10. The quantitative estimate of drug-likeness (QED) is 0.738. The first kappa shape index (κ1) is 14.2. The third-order valence-electron chi connectivity index (χ3n) is 3.11. The molecule has 1 aliphatic carbocycles. The summed E-state index contributed by atoms with van der Waals surface area (Å²) in [5.74, 6) is 0.730. The molecule has 0 radical (unpaired) electrons. The van der Waals surface area contributed by atoms with Gasteiger partial charge in [0.2, 0.25) is 0 Å². The number of ether oxygens (including phenoxy) is 1. The monoisotopic (exact) mass is 278 g/mol. The van der Waals surface area contributed by atoms with Crippen molar-refractivity contribution in [2.75, 3.05) is 6.61 Å². The summed E-state index contributed by atoms with van der Waals surface area (Å²) in [6.45, 7) is 1.48. The van der Waals surface area contributed by atoms with Crippen LogP contribution in [-0.2, 0) is 6.54 Å². The van der Waals surface area contributed by atoms with E-state index in [0.717, 1.165) is 25.1 Å². The fraction of sp³-hybridized carbons (Fsp3) is 0.533. The molecule has 1 fully saturated rings. The van der Waals surface area contributed by atoms with Crippen molar-refractivity contribution >= 4 is 11.6 Å². The molecule has 1 aliphatic rings. The number of nitrogens with one attached hydrogen (secondary N) is 1. The second-order valence-electron chi connectivity index (χ2n) is 4.88. The van der Waals surface area contributed by atoms with E-state index < -0.39 is 0 Å². The summed E-state index contributed by atoms with van der Waals surface area (Å²) in [6.07, 6.45) is 4.92. The van der Waals surface area contributed by atoms with Crippen LogP contribution in [0.15, 0.2) is 18.2 Å². The highest BCUT2D eigenvalue weighted by Gasteiger charge is 2.19. The van der Waals surface area contributed by atoms with E-state index in [1.54, 1.807) is 0 Å². The molecule has 0 aliphatic heterocycles. The normalized spacial score (nSPS) is 14.1. The molecule has 0 bridgehead atoms. The van der Waals surface area contributed by atoms with Crippen LogP contribution in [0.4, 0.5) is 0 Å². The van der Waals surface area contributed by atoms with E-state index in [-0.39, 0.29) is 0 Å². The molecule has 0 aromatic heterocycles. The molecule has 1 aromatic carbocycles. The van der Waals surface area contributed by atoms with Crippen LogP contribution in [0.1, 0.15) is 37.7 Å². The van der Waals surface area contributed by atoms with E-state index in [2.05, 4.69) is 11.4 Å². The number of nitrogens with zero attached hydrogens (tertiary/aromatic N) is 1. The second kappa shape index (κ2) is 7.37. The third-order valence-corrected chi connectivity index (χ3v) is 3.40. The van der Waals surface area contributed by atoms with Gasteiger partial charge in [0, 0.05) is 19.0 Å². The Morgan fingerprint density at radius 3 is 2.89 bits per heavy atom. The van der Waals surface area contributed by atoms with Crippen LogP contribution in [0, 0.1) is 11.3 Å². The predicted octanol–water partition coefficient (Wildman–Crippen LogP) is 3.66. The van der Waals surface area contributed by atoms with Crippen molar-refractivity contribution in [3.8, 4) is 11.8 Å². The minimum atomic E-state index is 0.586. The van der Waals surface area contributed by atoms with Crippen molar-refractivity contribution < 1.29 is 4.74 Å². The molecule has 1 saturated carbocycles. The first-order valence-electron chi connectivity index (χ1n) is 6.81. The standard InChI is InChI=1S/C15H19ClN2O/c16-14-10-12(11-18-13-5-6-13)4-7-15(14)19-9-3-1-2-8-17/h4,7,10,13,18H,1-3,5-6,9,11H2. The van der Waals surface area contributed by atoms with Crippen LogP contribution in [-0.4, -0.2) is 12.6 Å². The molecule has 1 N–H and O–H groups in total. The summed E-state index contributed by atoms with van der Waals surface area (Å²) in [6, 6.07) is 8.76.